The number of aliphatic hydroxyl groups is 1. The molecule has 0 amide bonds. The van der Waals surface area contributed by atoms with Crippen molar-refractivity contribution in [3.63, 3.8) is 0 Å². The highest BCUT2D eigenvalue weighted by molar-refractivity contribution is 7.84. The number of benzene rings is 1. The van der Waals surface area contributed by atoms with Crippen LogP contribution in [0.4, 0.5) is 8.78 Å². The summed E-state index contributed by atoms with van der Waals surface area (Å²) in [6, 6.07) is 2.11. The van der Waals surface area contributed by atoms with Crippen molar-refractivity contribution in [2.75, 3.05) is 0 Å². The van der Waals surface area contributed by atoms with Gasteiger partial charge >= 0.3 is 0 Å². The monoisotopic (exact) mass is 478 g/mol. The molecule has 0 spiro atoms. The molecule has 0 aliphatic rings. The summed E-state index contributed by atoms with van der Waals surface area (Å²) in [6.45, 7) is 10.3. The van der Waals surface area contributed by atoms with Crippen LogP contribution in [0.5, 0.6) is 0 Å². The smallest absolute Gasteiger partial charge is 0.191 e. The summed E-state index contributed by atoms with van der Waals surface area (Å²) in [7, 11) is -1.64. The minimum atomic E-state index is -1.64. The van der Waals surface area contributed by atoms with Gasteiger partial charge < -0.3 is 9.52 Å². The Balaban J connectivity index is 2.13. The molecule has 2 heterocycles. The second-order valence-electron chi connectivity index (χ2n) is 9.16. The van der Waals surface area contributed by atoms with Gasteiger partial charge in [-0.1, -0.05) is 0 Å². The van der Waals surface area contributed by atoms with Gasteiger partial charge in [-0.3, -0.25) is 0 Å². The molecule has 3 atom stereocenters. The quantitative estimate of drug-likeness (QED) is 0.521. The van der Waals surface area contributed by atoms with Gasteiger partial charge in [-0.15, -0.1) is 0 Å². The topological polar surface area (TPSA) is 101 Å². The van der Waals surface area contributed by atoms with Gasteiger partial charge in [0.25, 0.3) is 0 Å². The molecule has 2 aromatic heterocycles. The fourth-order valence-electron chi connectivity index (χ4n) is 3.53. The molecule has 3 rings (SSSR count). The van der Waals surface area contributed by atoms with Gasteiger partial charge in [0.1, 0.15) is 24.1 Å². The summed E-state index contributed by atoms with van der Waals surface area (Å²) in [6.07, 6.45) is 2.84. The van der Waals surface area contributed by atoms with Crippen molar-refractivity contribution < 1.29 is 22.5 Å². The zero-order valence-corrected chi connectivity index (χ0v) is 20.3. The van der Waals surface area contributed by atoms with Crippen LogP contribution >= 0.6 is 0 Å². The number of nitrogens with zero attached hydrogens (tertiary/aromatic N) is 3. The maximum absolute atomic E-state index is 15.2. The van der Waals surface area contributed by atoms with Gasteiger partial charge in [-0.2, -0.15) is 0 Å². The molecule has 0 saturated carbocycles. The van der Waals surface area contributed by atoms with Gasteiger partial charge in [0, 0.05) is 48.5 Å². The molecule has 0 aliphatic carbocycles. The summed E-state index contributed by atoms with van der Waals surface area (Å²) < 4.78 is 50.8. The molecule has 2 N–H and O–H groups in total. The molecule has 7 nitrogen and oxygen atoms in total. The molecule has 178 valence electrons. The van der Waals surface area contributed by atoms with Crippen molar-refractivity contribution in [3.8, 4) is 11.1 Å². The lowest BCUT2D eigenvalue weighted by atomic mass is 9.84. The molecule has 1 aromatic carbocycles. The first-order valence-corrected chi connectivity index (χ1v) is 11.5. The van der Waals surface area contributed by atoms with Crippen LogP contribution in [0.1, 0.15) is 63.1 Å². The maximum Gasteiger partial charge on any atom is 0.191 e. The van der Waals surface area contributed by atoms with E-state index in [1.807, 2.05) is 0 Å². The summed E-state index contributed by atoms with van der Waals surface area (Å²) >= 11 is 0. The molecule has 33 heavy (non-hydrogen) atoms. The Morgan fingerprint density at radius 2 is 1.76 bits per heavy atom. The van der Waals surface area contributed by atoms with Gasteiger partial charge in [0.2, 0.25) is 0 Å². The third kappa shape index (κ3) is 5.51. The highest BCUT2D eigenvalue weighted by Gasteiger charge is 2.38. The van der Waals surface area contributed by atoms with E-state index in [2.05, 4.69) is 19.7 Å². The van der Waals surface area contributed by atoms with Crippen molar-refractivity contribution in [2.24, 2.45) is 0 Å². The SMILES string of the molecule is Cc1nc(C)c([C@H](O)CC(C)(NS(=O)C(C)(C)C)c2cc(-c3cncnc3)c(F)cc2F)o1. The first-order valence-electron chi connectivity index (χ1n) is 10.4. The van der Waals surface area contributed by atoms with Gasteiger partial charge in [-0.05, 0) is 40.7 Å². The average molecular weight is 479 g/mol. The standard InChI is InChI=1S/C23H28F2N4O3S/c1-13-21(32-14(2)28-13)20(30)9-23(6,29-33(31)22(3,4)5)17-7-16(18(24)8-19(17)25)15-10-26-12-27-11-15/h7-8,10-12,20,29-30H,9H2,1-6H3/t20-,23?,33?/m1/s1. The molecule has 0 bridgehead atoms. The molecule has 10 heteroatoms. The molecular weight excluding hydrogens is 450 g/mol. The number of oxazole rings is 1. The van der Waals surface area contributed by atoms with E-state index in [0.717, 1.165) is 6.07 Å². The number of hydrogen-bond donors (Lipinski definition) is 2. The fourth-order valence-corrected chi connectivity index (χ4v) is 4.44. The molecule has 2 unspecified atom stereocenters. The number of hydrogen-bond acceptors (Lipinski definition) is 6. The van der Waals surface area contributed by atoms with E-state index in [-0.39, 0.29) is 23.3 Å². The van der Waals surface area contributed by atoms with Crippen molar-refractivity contribution in [1.29, 1.82) is 0 Å². The highest BCUT2D eigenvalue weighted by atomic mass is 32.2. The van der Waals surface area contributed by atoms with Crippen LogP contribution in [0.25, 0.3) is 11.1 Å². The Bertz CT molecular complexity index is 1160. The molecule has 0 aliphatic heterocycles. The zero-order chi connectivity index (χ0) is 24.6. The van der Waals surface area contributed by atoms with Gasteiger partial charge in [0.05, 0.1) is 27.0 Å². The minimum Gasteiger partial charge on any atom is -0.443 e. The van der Waals surface area contributed by atoms with E-state index in [1.54, 1.807) is 41.5 Å². The third-order valence-electron chi connectivity index (χ3n) is 5.24. The Morgan fingerprint density at radius 3 is 2.30 bits per heavy atom. The van der Waals surface area contributed by atoms with E-state index in [9.17, 15) is 13.7 Å². The van der Waals surface area contributed by atoms with Crippen LogP contribution in [0.3, 0.4) is 0 Å². The van der Waals surface area contributed by atoms with Crippen LogP contribution < -0.4 is 4.72 Å². The van der Waals surface area contributed by atoms with Crippen molar-refractivity contribution in [2.45, 2.75) is 64.4 Å². The number of aromatic nitrogens is 3. The maximum atomic E-state index is 15.2. The predicted octanol–water partition coefficient (Wildman–Crippen LogP) is 4.42. The second kappa shape index (κ2) is 9.36. The normalized spacial score (nSPS) is 15.8. The average Bonchev–Trinajstić information content (AvgIpc) is 3.06. The van der Waals surface area contributed by atoms with Crippen LogP contribution in [0.15, 0.2) is 35.3 Å². The lowest BCUT2D eigenvalue weighted by Gasteiger charge is -2.35. The van der Waals surface area contributed by atoms with Crippen molar-refractivity contribution in [3.05, 3.63) is 65.4 Å². The van der Waals surface area contributed by atoms with E-state index >= 15 is 4.39 Å². The molecular formula is C23H28F2N4O3S. The van der Waals surface area contributed by atoms with E-state index < -0.39 is 39.0 Å². The first-order chi connectivity index (χ1) is 15.3. The fraction of sp³-hybridized carbons (Fsp3) is 0.435. The highest BCUT2D eigenvalue weighted by Crippen LogP contribution is 2.38. The summed E-state index contributed by atoms with van der Waals surface area (Å²) in [5.74, 6) is -1.01. The van der Waals surface area contributed by atoms with E-state index in [1.165, 1.54) is 24.8 Å². The summed E-state index contributed by atoms with van der Waals surface area (Å²) in [5.41, 5.74) is -0.387. The Hall–Kier alpha value is -2.56. The van der Waals surface area contributed by atoms with Gasteiger partial charge in [0.15, 0.2) is 11.7 Å². The van der Waals surface area contributed by atoms with Crippen molar-refractivity contribution in [1.82, 2.24) is 19.7 Å². The summed E-state index contributed by atoms with van der Waals surface area (Å²) in [5, 5.41) is 11.0. The Morgan fingerprint density at radius 1 is 1.12 bits per heavy atom. The van der Waals surface area contributed by atoms with Crippen LogP contribution in [0.2, 0.25) is 0 Å². The first kappa shape index (κ1) is 25.1. The van der Waals surface area contributed by atoms with Gasteiger partial charge in [-0.25, -0.2) is 32.7 Å². The van der Waals surface area contributed by atoms with Crippen LogP contribution in [-0.4, -0.2) is 29.0 Å². The third-order valence-corrected chi connectivity index (χ3v) is 6.99. The predicted molar refractivity (Wildman–Crippen MR) is 121 cm³/mol. The minimum absolute atomic E-state index is 0.0355. The molecule has 3 aromatic rings. The zero-order valence-electron chi connectivity index (χ0n) is 19.4. The van der Waals surface area contributed by atoms with Crippen molar-refractivity contribution >= 4 is 11.0 Å². The number of aliphatic hydroxyl groups excluding tert-OH is 1. The number of nitrogens with one attached hydrogen (secondary N) is 1. The second-order valence-corrected chi connectivity index (χ2v) is 11.1. The number of aryl methyl sites for hydroxylation is 2. The molecule has 0 saturated heterocycles. The van der Waals surface area contributed by atoms with Crippen LogP contribution in [0, 0.1) is 25.5 Å². The Kier molecular flexibility index (Phi) is 7.11. The molecule has 0 radical (unpaired) electrons. The van der Waals surface area contributed by atoms with E-state index in [4.69, 9.17) is 4.42 Å². The molecule has 0 fully saturated rings. The number of halogens is 2. The van der Waals surface area contributed by atoms with Crippen LogP contribution in [-0.2, 0) is 16.5 Å². The number of rotatable bonds is 7. The lowest BCUT2D eigenvalue weighted by Crippen LogP contribution is -2.47. The largest absolute Gasteiger partial charge is 0.443 e. The Labute approximate surface area is 194 Å². The van der Waals surface area contributed by atoms with E-state index in [0.29, 0.717) is 17.1 Å². The lowest BCUT2D eigenvalue weighted by molar-refractivity contribution is 0.107. The summed E-state index contributed by atoms with van der Waals surface area (Å²) in [4.78, 5) is 12.0.